The molecule has 0 atom stereocenters. The van der Waals surface area contributed by atoms with Crippen LogP contribution in [0.2, 0.25) is 0 Å². The Bertz CT molecular complexity index is 251. The topological polar surface area (TPSA) is 53.0 Å². The predicted octanol–water partition coefficient (Wildman–Crippen LogP) is 0.962. The van der Waals surface area contributed by atoms with E-state index in [1.807, 2.05) is 20.8 Å². The maximum atomic E-state index is 11.9. The van der Waals surface area contributed by atoms with Crippen molar-refractivity contribution in [2.24, 2.45) is 0 Å². The van der Waals surface area contributed by atoms with Crippen LogP contribution in [0, 0.1) is 0 Å². The first-order chi connectivity index (χ1) is 8.95. The van der Waals surface area contributed by atoms with Gasteiger partial charge in [0.25, 0.3) is 5.91 Å². The second kappa shape index (κ2) is 12.0. The smallest absolute Gasteiger partial charge is 0.253 e. The minimum absolute atomic E-state index is 0. The van der Waals surface area contributed by atoms with Gasteiger partial charge in [0.1, 0.15) is 5.60 Å². The van der Waals surface area contributed by atoms with Gasteiger partial charge in [-0.15, -0.1) is 0 Å². The summed E-state index contributed by atoms with van der Waals surface area (Å²) in [5.41, 5.74) is -1.28. The van der Waals surface area contributed by atoms with Crippen LogP contribution in [0.1, 0.15) is 34.6 Å². The molecule has 0 aliphatic carbocycles. The summed E-state index contributed by atoms with van der Waals surface area (Å²) in [6.07, 6.45) is 0. The van der Waals surface area contributed by atoms with Gasteiger partial charge < -0.3 is 14.7 Å². The van der Waals surface area contributed by atoms with Crippen LogP contribution in [0.3, 0.4) is 0 Å². The summed E-state index contributed by atoms with van der Waals surface area (Å²) in [6, 6.07) is 0. The molecule has 0 saturated carbocycles. The van der Waals surface area contributed by atoms with Crippen molar-refractivity contribution < 1.29 is 47.3 Å². The SMILES string of the molecule is CC.CCN(CCN1CCOCC1)C(=O)C(C)(C)O.[Y]. The van der Waals surface area contributed by atoms with Gasteiger partial charge in [-0.2, -0.15) is 0 Å². The van der Waals surface area contributed by atoms with E-state index < -0.39 is 5.60 Å². The van der Waals surface area contributed by atoms with Crippen LogP contribution in [0.4, 0.5) is 0 Å². The second-order valence-electron chi connectivity index (χ2n) is 4.90. The maximum Gasteiger partial charge on any atom is 0.253 e. The molecule has 0 aromatic carbocycles. The average Bonchev–Trinajstić information content (AvgIpc) is 2.41. The minimum Gasteiger partial charge on any atom is -0.381 e. The molecule has 1 N–H and O–H groups in total. The zero-order valence-electron chi connectivity index (χ0n) is 13.7. The Labute approximate surface area is 148 Å². The fourth-order valence-electron chi connectivity index (χ4n) is 1.88. The predicted molar refractivity (Wildman–Crippen MR) is 77.2 cm³/mol. The molecule has 20 heavy (non-hydrogen) atoms. The van der Waals surface area contributed by atoms with Crippen LogP contribution in [-0.4, -0.2) is 72.4 Å². The zero-order chi connectivity index (χ0) is 14.9. The van der Waals surface area contributed by atoms with Gasteiger partial charge in [-0.05, 0) is 20.8 Å². The second-order valence-corrected chi connectivity index (χ2v) is 4.90. The van der Waals surface area contributed by atoms with E-state index in [0.717, 1.165) is 32.8 Å². The quantitative estimate of drug-likeness (QED) is 0.791. The van der Waals surface area contributed by atoms with Gasteiger partial charge >= 0.3 is 0 Å². The van der Waals surface area contributed by atoms with Crippen LogP contribution in [0.25, 0.3) is 0 Å². The number of hydrogen-bond acceptors (Lipinski definition) is 4. The summed E-state index contributed by atoms with van der Waals surface area (Å²) in [4.78, 5) is 15.9. The molecule has 0 aromatic heterocycles. The first-order valence-corrected chi connectivity index (χ1v) is 7.27. The van der Waals surface area contributed by atoms with E-state index in [0.29, 0.717) is 13.1 Å². The van der Waals surface area contributed by atoms with Crippen molar-refractivity contribution in [3.05, 3.63) is 0 Å². The van der Waals surface area contributed by atoms with Gasteiger partial charge in [-0.25, -0.2) is 0 Å². The molecule has 1 rings (SSSR count). The van der Waals surface area contributed by atoms with Gasteiger partial charge in [0.05, 0.1) is 13.2 Å². The Morgan fingerprint density at radius 1 is 1.30 bits per heavy atom. The Morgan fingerprint density at radius 2 is 1.80 bits per heavy atom. The van der Waals surface area contributed by atoms with Crippen molar-refractivity contribution in [2.75, 3.05) is 45.9 Å². The first kappa shape index (κ1) is 22.7. The van der Waals surface area contributed by atoms with Crippen molar-refractivity contribution >= 4 is 5.91 Å². The van der Waals surface area contributed by atoms with Crippen molar-refractivity contribution in [1.82, 2.24) is 9.80 Å². The van der Waals surface area contributed by atoms with Gasteiger partial charge in [-0.3, -0.25) is 9.69 Å². The molecule has 117 valence electrons. The summed E-state index contributed by atoms with van der Waals surface area (Å²) in [5, 5.41) is 9.70. The fraction of sp³-hybridized carbons (Fsp3) is 0.929. The molecule has 0 unspecified atom stereocenters. The Balaban J connectivity index is 0. The fourth-order valence-corrected chi connectivity index (χ4v) is 1.88. The molecule has 0 aromatic rings. The summed E-state index contributed by atoms with van der Waals surface area (Å²) < 4.78 is 5.27. The molecule has 1 aliphatic heterocycles. The van der Waals surface area contributed by atoms with Crippen molar-refractivity contribution in [1.29, 1.82) is 0 Å². The van der Waals surface area contributed by atoms with E-state index in [4.69, 9.17) is 4.74 Å². The van der Waals surface area contributed by atoms with Crippen LogP contribution in [0.15, 0.2) is 0 Å². The van der Waals surface area contributed by atoms with E-state index >= 15 is 0 Å². The molecule has 6 heteroatoms. The van der Waals surface area contributed by atoms with Crippen molar-refractivity contribution in [2.45, 2.75) is 40.2 Å². The molecule has 5 nitrogen and oxygen atoms in total. The molecule has 1 heterocycles. The Hall–Kier alpha value is 0.454. The monoisotopic (exact) mass is 363 g/mol. The number of likely N-dealkylation sites (N-methyl/N-ethyl adjacent to an activating group) is 1. The van der Waals surface area contributed by atoms with Crippen LogP contribution in [-0.2, 0) is 42.2 Å². The summed E-state index contributed by atoms with van der Waals surface area (Å²) in [6.45, 7) is 14.5. The molecule has 0 bridgehead atoms. The molecule has 1 fully saturated rings. The molecule has 1 aliphatic rings. The number of nitrogens with zero attached hydrogens (tertiary/aromatic N) is 2. The molecular formula is C14H30N2O3Y. The number of aliphatic hydroxyl groups is 1. The number of ether oxygens (including phenoxy) is 1. The Morgan fingerprint density at radius 3 is 2.20 bits per heavy atom. The normalized spacial score (nSPS) is 15.7. The first-order valence-electron chi connectivity index (χ1n) is 7.27. The minimum atomic E-state index is -1.28. The summed E-state index contributed by atoms with van der Waals surface area (Å²) in [7, 11) is 0. The summed E-state index contributed by atoms with van der Waals surface area (Å²) >= 11 is 0. The Kier molecular flexibility index (Phi) is 13.7. The largest absolute Gasteiger partial charge is 0.381 e. The number of hydrogen-bond donors (Lipinski definition) is 1. The van der Waals surface area contributed by atoms with Crippen molar-refractivity contribution in [3.63, 3.8) is 0 Å². The van der Waals surface area contributed by atoms with Crippen molar-refractivity contribution in [3.8, 4) is 0 Å². The van der Waals surface area contributed by atoms with Crippen LogP contribution >= 0.6 is 0 Å². The standard InChI is InChI=1S/C12H24N2O3.C2H6.Y/c1-4-14(11(15)12(2,3)16)6-5-13-7-9-17-10-8-13;1-2;/h16H,4-10H2,1-3H3;1-2H3;. The van der Waals surface area contributed by atoms with Gasteiger partial charge in [0.2, 0.25) is 0 Å². The summed E-state index contributed by atoms with van der Waals surface area (Å²) in [5.74, 6) is -0.201. The number of carbonyl (C=O) groups is 1. The number of morpholine rings is 1. The molecule has 1 saturated heterocycles. The van der Waals surface area contributed by atoms with E-state index in [9.17, 15) is 9.90 Å². The van der Waals surface area contributed by atoms with E-state index in [1.165, 1.54) is 13.8 Å². The van der Waals surface area contributed by atoms with Crippen LogP contribution < -0.4 is 0 Å². The molecular weight excluding hydrogens is 333 g/mol. The van der Waals surface area contributed by atoms with Gasteiger partial charge in [-0.1, -0.05) is 13.8 Å². The molecule has 1 radical (unpaired) electrons. The molecule has 0 spiro atoms. The van der Waals surface area contributed by atoms with E-state index in [-0.39, 0.29) is 38.6 Å². The van der Waals surface area contributed by atoms with E-state index in [1.54, 1.807) is 4.90 Å². The maximum absolute atomic E-state index is 11.9. The third-order valence-corrected chi connectivity index (χ3v) is 2.98. The van der Waals surface area contributed by atoms with Crippen LogP contribution in [0.5, 0.6) is 0 Å². The third kappa shape index (κ3) is 8.68. The molecule has 1 amide bonds. The zero-order valence-corrected chi connectivity index (χ0v) is 16.5. The van der Waals surface area contributed by atoms with Gasteiger partial charge in [0.15, 0.2) is 0 Å². The third-order valence-electron chi connectivity index (χ3n) is 2.98. The number of carbonyl (C=O) groups excluding carboxylic acids is 1. The average molecular weight is 363 g/mol. The number of rotatable bonds is 5. The number of amides is 1. The van der Waals surface area contributed by atoms with Gasteiger partial charge in [0, 0.05) is 65.4 Å². The van der Waals surface area contributed by atoms with E-state index in [2.05, 4.69) is 4.90 Å².